The van der Waals surface area contributed by atoms with E-state index in [-0.39, 0.29) is 6.10 Å². The minimum Gasteiger partial charge on any atom is -0.493 e. The van der Waals surface area contributed by atoms with E-state index in [1.807, 2.05) is 26.0 Å². The molecule has 0 bridgehead atoms. The molecule has 2 aromatic carbocycles. The number of hydrogen-bond donors (Lipinski definition) is 1. The van der Waals surface area contributed by atoms with Crippen LogP contribution in [0.2, 0.25) is 5.02 Å². The van der Waals surface area contributed by atoms with Crippen molar-refractivity contribution < 1.29 is 9.47 Å². The molecule has 0 amide bonds. The molecule has 136 valence electrons. The van der Waals surface area contributed by atoms with E-state index in [1.165, 1.54) is 5.56 Å². The van der Waals surface area contributed by atoms with Crippen LogP contribution in [0.3, 0.4) is 0 Å². The average Bonchev–Trinajstić information content (AvgIpc) is 2.60. The van der Waals surface area contributed by atoms with Gasteiger partial charge in [-0.05, 0) is 45.2 Å². The lowest BCUT2D eigenvalue weighted by Gasteiger charge is -2.20. The zero-order chi connectivity index (χ0) is 18.2. The Hall–Kier alpha value is -1.71. The Labute approximate surface area is 156 Å². The Morgan fingerprint density at radius 2 is 1.80 bits per heavy atom. The molecule has 2 rings (SSSR count). The average molecular weight is 362 g/mol. The number of ether oxygens (including phenoxy) is 2. The molecule has 0 aliphatic heterocycles. The third-order valence-electron chi connectivity index (χ3n) is 4.02. The van der Waals surface area contributed by atoms with Crippen molar-refractivity contribution >= 4 is 11.6 Å². The summed E-state index contributed by atoms with van der Waals surface area (Å²) in [6.45, 7) is 6.91. The van der Waals surface area contributed by atoms with E-state index in [9.17, 15) is 0 Å². The molecule has 0 spiro atoms. The van der Waals surface area contributed by atoms with Gasteiger partial charge in [0.25, 0.3) is 0 Å². The third-order valence-corrected chi connectivity index (χ3v) is 4.24. The highest BCUT2D eigenvalue weighted by Gasteiger charge is 2.15. The van der Waals surface area contributed by atoms with E-state index in [1.54, 1.807) is 13.2 Å². The highest BCUT2D eigenvalue weighted by atomic mass is 35.5. The Balaban J connectivity index is 1.99. The van der Waals surface area contributed by atoms with Crippen LogP contribution in [0.15, 0.2) is 42.5 Å². The minimum absolute atomic E-state index is 0.0735. The van der Waals surface area contributed by atoms with Crippen molar-refractivity contribution in [2.24, 2.45) is 0 Å². The van der Waals surface area contributed by atoms with Gasteiger partial charge in [-0.25, -0.2) is 0 Å². The fraction of sp³-hybridized carbons (Fsp3) is 0.429. The SMILES string of the molecule is COc1cc(Cl)cc(CN[C@@H](C)CCc2ccccc2)c1OC(C)C. The predicted molar refractivity (Wildman–Crippen MR) is 105 cm³/mol. The van der Waals surface area contributed by atoms with Crippen LogP contribution in [0, 0.1) is 0 Å². The first-order valence-electron chi connectivity index (χ1n) is 8.80. The first-order chi connectivity index (χ1) is 12.0. The maximum atomic E-state index is 6.23. The number of hydrogen-bond acceptors (Lipinski definition) is 3. The van der Waals surface area contributed by atoms with Gasteiger partial charge in [0.15, 0.2) is 11.5 Å². The molecule has 4 heteroatoms. The van der Waals surface area contributed by atoms with Gasteiger partial charge in [0.1, 0.15) is 0 Å². The summed E-state index contributed by atoms with van der Waals surface area (Å²) in [4.78, 5) is 0. The second-order valence-electron chi connectivity index (χ2n) is 6.57. The van der Waals surface area contributed by atoms with E-state index in [0.717, 1.165) is 24.2 Å². The maximum Gasteiger partial charge on any atom is 0.166 e. The second-order valence-corrected chi connectivity index (χ2v) is 7.01. The number of nitrogens with one attached hydrogen (secondary N) is 1. The molecule has 1 N–H and O–H groups in total. The summed E-state index contributed by atoms with van der Waals surface area (Å²) < 4.78 is 11.4. The number of rotatable bonds is 9. The van der Waals surface area contributed by atoms with Gasteiger partial charge in [0, 0.05) is 29.2 Å². The van der Waals surface area contributed by atoms with Crippen LogP contribution in [0.5, 0.6) is 11.5 Å². The Kier molecular flexibility index (Phi) is 7.60. The number of aryl methyl sites for hydroxylation is 1. The Morgan fingerprint density at radius 1 is 1.08 bits per heavy atom. The lowest BCUT2D eigenvalue weighted by atomic mass is 10.1. The van der Waals surface area contributed by atoms with Crippen molar-refractivity contribution in [2.45, 2.75) is 52.3 Å². The van der Waals surface area contributed by atoms with Gasteiger partial charge in [-0.15, -0.1) is 0 Å². The van der Waals surface area contributed by atoms with E-state index in [4.69, 9.17) is 21.1 Å². The van der Waals surface area contributed by atoms with Crippen molar-refractivity contribution in [1.29, 1.82) is 0 Å². The van der Waals surface area contributed by atoms with E-state index >= 15 is 0 Å². The van der Waals surface area contributed by atoms with Crippen LogP contribution in [0.25, 0.3) is 0 Å². The largest absolute Gasteiger partial charge is 0.493 e. The summed E-state index contributed by atoms with van der Waals surface area (Å²) in [5, 5.41) is 4.22. The van der Waals surface area contributed by atoms with Gasteiger partial charge in [-0.2, -0.15) is 0 Å². The molecular formula is C21H28ClNO2. The fourth-order valence-electron chi connectivity index (χ4n) is 2.69. The molecule has 0 aliphatic carbocycles. The summed E-state index contributed by atoms with van der Waals surface area (Å²) in [6.07, 6.45) is 2.20. The number of halogens is 1. The Bertz CT molecular complexity index is 658. The molecule has 2 aromatic rings. The van der Waals surface area contributed by atoms with Gasteiger partial charge in [-0.3, -0.25) is 0 Å². The first kappa shape index (κ1) is 19.6. The zero-order valence-corrected chi connectivity index (χ0v) is 16.3. The molecule has 0 saturated heterocycles. The molecule has 0 aromatic heterocycles. The molecule has 3 nitrogen and oxygen atoms in total. The van der Waals surface area contributed by atoms with E-state index in [2.05, 4.69) is 36.5 Å². The molecule has 0 unspecified atom stereocenters. The summed E-state index contributed by atoms with van der Waals surface area (Å²) in [7, 11) is 1.64. The van der Waals surface area contributed by atoms with Crippen molar-refractivity contribution in [1.82, 2.24) is 5.32 Å². The number of methoxy groups -OCH3 is 1. The van der Waals surface area contributed by atoms with Crippen LogP contribution in [-0.4, -0.2) is 19.3 Å². The zero-order valence-electron chi connectivity index (χ0n) is 15.5. The molecule has 0 aliphatic rings. The normalized spacial score (nSPS) is 12.2. The van der Waals surface area contributed by atoms with Gasteiger partial charge < -0.3 is 14.8 Å². The topological polar surface area (TPSA) is 30.5 Å². The lowest BCUT2D eigenvalue weighted by Crippen LogP contribution is -2.26. The van der Waals surface area contributed by atoms with Crippen molar-refractivity contribution in [3.63, 3.8) is 0 Å². The fourth-order valence-corrected chi connectivity index (χ4v) is 2.92. The van der Waals surface area contributed by atoms with Crippen LogP contribution >= 0.6 is 11.6 Å². The molecule has 0 fully saturated rings. The smallest absolute Gasteiger partial charge is 0.166 e. The molecule has 0 heterocycles. The summed E-state index contributed by atoms with van der Waals surface area (Å²) in [5.74, 6) is 1.44. The van der Waals surface area contributed by atoms with Gasteiger partial charge >= 0.3 is 0 Å². The predicted octanol–water partition coefficient (Wildman–Crippen LogP) is 5.25. The summed E-state index contributed by atoms with van der Waals surface area (Å²) >= 11 is 6.23. The number of benzene rings is 2. The van der Waals surface area contributed by atoms with Crippen molar-refractivity contribution in [2.75, 3.05) is 7.11 Å². The van der Waals surface area contributed by atoms with Crippen molar-refractivity contribution in [3.05, 3.63) is 58.6 Å². The molecule has 25 heavy (non-hydrogen) atoms. The Morgan fingerprint density at radius 3 is 2.44 bits per heavy atom. The highest BCUT2D eigenvalue weighted by molar-refractivity contribution is 6.30. The summed E-state index contributed by atoms with van der Waals surface area (Å²) in [5.41, 5.74) is 2.38. The second kappa shape index (κ2) is 9.69. The van der Waals surface area contributed by atoms with E-state index in [0.29, 0.717) is 23.4 Å². The van der Waals surface area contributed by atoms with Crippen molar-refractivity contribution in [3.8, 4) is 11.5 Å². The molecule has 0 radical (unpaired) electrons. The standard InChI is InChI=1S/C21H28ClNO2/c1-15(2)25-21-18(12-19(22)13-20(21)24-4)14-23-16(3)10-11-17-8-6-5-7-9-17/h5-9,12-13,15-16,23H,10-11,14H2,1-4H3/t16-/m0/s1. The van der Waals surface area contributed by atoms with Crippen LogP contribution < -0.4 is 14.8 Å². The van der Waals surface area contributed by atoms with Crippen LogP contribution in [0.1, 0.15) is 38.3 Å². The highest BCUT2D eigenvalue weighted by Crippen LogP contribution is 2.35. The van der Waals surface area contributed by atoms with Crippen LogP contribution in [-0.2, 0) is 13.0 Å². The lowest BCUT2D eigenvalue weighted by molar-refractivity contribution is 0.227. The van der Waals surface area contributed by atoms with Gasteiger partial charge in [0.05, 0.1) is 13.2 Å². The van der Waals surface area contributed by atoms with Gasteiger partial charge in [-0.1, -0.05) is 41.9 Å². The van der Waals surface area contributed by atoms with Gasteiger partial charge in [0.2, 0.25) is 0 Å². The molecule has 1 atom stereocenters. The third kappa shape index (κ3) is 6.26. The quantitative estimate of drug-likeness (QED) is 0.662. The first-order valence-corrected chi connectivity index (χ1v) is 9.17. The van der Waals surface area contributed by atoms with E-state index < -0.39 is 0 Å². The summed E-state index contributed by atoms with van der Waals surface area (Å²) in [6, 6.07) is 14.7. The monoisotopic (exact) mass is 361 g/mol. The maximum absolute atomic E-state index is 6.23. The van der Waals surface area contributed by atoms with Crippen LogP contribution in [0.4, 0.5) is 0 Å². The molecular weight excluding hydrogens is 334 g/mol. The molecule has 0 saturated carbocycles. The minimum atomic E-state index is 0.0735.